The molecular formula is C23H28N6O2. The third kappa shape index (κ3) is 3.93. The van der Waals surface area contributed by atoms with Crippen LogP contribution in [-0.2, 0) is 9.47 Å². The minimum Gasteiger partial charge on any atom is -0.377 e. The van der Waals surface area contributed by atoms with Gasteiger partial charge < -0.3 is 19.3 Å². The van der Waals surface area contributed by atoms with Gasteiger partial charge in [0.25, 0.3) is 0 Å². The van der Waals surface area contributed by atoms with E-state index in [0.29, 0.717) is 38.0 Å². The molecule has 0 radical (unpaired) electrons. The van der Waals surface area contributed by atoms with Gasteiger partial charge in [-0.1, -0.05) is 29.8 Å². The summed E-state index contributed by atoms with van der Waals surface area (Å²) >= 11 is 0. The second-order valence-corrected chi connectivity index (χ2v) is 8.38. The highest BCUT2D eigenvalue weighted by atomic mass is 16.5. The van der Waals surface area contributed by atoms with E-state index in [-0.39, 0.29) is 12.1 Å². The lowest BCUT2D eigenvalue weighted by Gasteiger charge is -2.36. The zero-order valence-corrected chi connectivity index (χ0v) is 18.3. The van der Waals surface area contributed by atoms with Crippen molar-refractivity contribution in [2.75, 3.05) is 49.3 Å². The minimum absolute atomic E-state index is 0.203. The maximum Gasteiger partial charge on any atom is 0.229 e. The van der Waals surface area contributed by atoms with Crippen LogP contribution in [0.1, 0.15) is 19.4 Å². The van der Waals surface area contributed by atoms with Crippen molar-refractivity contribution in [3.05, 3.63) is 36.0 Å². The Hall–Kier alpha value is -2.84. The third-order valence-electron chi connectivity index (χ3n) is 5.99. The number of benzene rings is 1. The molecule has 8 nitrogen and oxygen atoms in total. The summed E-state index contributed by atoms with van der Waals surface area (Å²) in [7, 11) is 0. The summed E-state index contributed by atoms with van der Waals surface area (Å²) in [5, 5.41) is 0. The van der Waals surface area contributed by atoms with Crippen LogP contribution in [0.2, 0.25) is 0 Å². The Labute approximate surface area is 182 Å². The molecule has 0 saturated carbocycles. The summed E-state index contributed by atoms with van der Waals surface area (Å²) in [6.07, 6.45) is 1.82. The van der Waals surface area contributed by atoms with Gasteiger partial charge >= 0.3 is 0 Å². The molecule has 2 aromatic heterocycles. The standard InChI is InChI=1S/C23H28N6O2/c1-15-4-6-18(7-5-15)19-12-24-20-21(25-19)26-23(29-9-11-31-14-17(29)3)27-22(20)28-8-10-30-13-16(28)2/h4-7,12,16-17H,8-11,13-14H2,1-3H3/t16-,17-/m0/s1. The predicted molar refractivity (Wildman–Crippen MR) is 121 cm³/mol. The Kier molecular flexibility index (Phi) is 5.41. The fraction of sp³-hybridized carbons (Fsp3) is 0.478. The van der Waals surface area contributed by atoms with Gasteiger partial charge in [0.05, 0.1) is 50.4 Å². The predicted octanol–water partition coefficient (Wildman–Crippen LogP) is 2.85. The fourth-order valence-corrected chi connectivity index (χ4v) is 4.14. The minimum atomic E-state index is 0.203. The Morgan fingerprint density at radius 3 is 2.23 bits per heavy atom. The van der Waals surface area contributed by atoms with Gasteiger partial charge in [-0.2, -0.15) is 9.97 Å². The molecule has 31 heavy (non-hydrogen) atoms. The number of aryl methyl sites for hydroxylation is 1. The summed E-state index contributed by atoms with van der Waals surface area (Å²) in [5.41, 5.74) is 4.41. The number of morpholine rings is 2. The first-order valence-electron chi connectivity index (χ1n) is 10.9. The van der Waals surface area contributed by atoms with Crippen molar-refractivity contribution in [2.45, 2.75) is 32.9 Å². The van der Waals surface area contributed by atoms with Crippen molar-refractivity contribution in [1.29, 1.82) is 0 Å². The molecule has 0 N–H and O–H groups in total. The lowest BCUT2D eigenvalue weighted by Crippen LogP contribution is -2.46. The molecule has 2 aliphatic heterocycles. The van der Waals surface area contributed by atoms with Crippen LogP contribution in [0.5, 0.6) is 0 Å². The number of fused-ring (bicyclic) bond motifs is 1. The molecule has 2 fully saturated rings. The topological polar surface area (TPSA) is 76.5 Å². The second-order valence-electron chi connectivity index (χ2n) is 8.38. The highest BCUT2D eigenvalue weighted by Crippen LogP contribution is 2.29. The number of aromatic nitrogens is 4. The lowest BCUT2D eigenvalue weighted by atomic mass is 10.1. The molecule has 3 aromatic rings. The molecule has 0 bridgehead atoms. The second kappa shape index (κ2) is 8.36. The number of ether oxygens (including phenoxy) is 2. The monoisotopic (exact) mass is 420 g/mol. The Bertz CT molecular complexity index is 1070. The van der Waals surface area contributed by atoms with E-state index in [2.05, 4.69) is 54.8 Å². The van der Waals surface area contributed by atoms with E-state index in [1.54, 1.807) is 0 Å². The van der Waals surface area contributed by atoms with Crippen molar-refractivity contribution in [3.8, 4) is 11.3 Å². The molecule has 0 amide bonds. The lowest BCUT2D eigenvalue weighted by molar-refractivity contribution is 0.0973. The van der Waals surface area contributed by atoms with Crippen molar-refractivity contribution >= 4 is 22.9 Å². The fourth-order valence-electron chi connectivity index (χ4n) is 4.14. The van der Waals surface area contributed by atoms with Crippen LogP contribution >= 0.6 is 0 Å². The SMILES string of the molecule is Cc1ccc(-c2cnc3c(N4CCOC[C@@H]4C)nc(N4CCOC[C@@H]4C)nc3n2)cc1. The van der Waals surface area contributed by atoms with Crippen molar-refractivity contribution in [2.24, 2.45) is 0 Å². The summed E-state index contributed by atoms with van der Waals surface area (Å²) in [6, 6.07) is 8.73. The zero-order valence-electron chi connectivity index (χ0n) is 18.3. The van der Waals surface area contributed by atoms with Gasteiger partial charge in [0, 0.05) is 18.7 Å². The van der Waals surface area contributed by atoms with Crippen LogP contribution in [-0.4, -0.2) is 71.5 Å². The average molecular weight is 421 g/mol. The molecule has 2 aliphatic rings. The van der Waals surface area contributed by atoms with E-state index in [9.17, 15) is 0 Å². The van der Waals surface area contributed by atoms with E-state index in [1.807, 2.05) is 6.20 Å². The van der Waals surface area contributed by atoms with Gasteiger partial charge in [-0.15, -0.1) is 0 Å². The summed E-state index contributed by atoms with van der Waals surface area (Å²) < 4.78 is 11.3. The molecule has 0 spiro atoms. The highest BCUT2D eigenvalue weighted by Gasteiger charge is 2.28. The number of rotatable bonds is 3. The summed E-state index contributed by atoms with van der Waals surface area (Å²) in [4.78, 5) is 24.0. The number of hydrogen-bond donors (Lipinski definition) is 0. The molecule has 8 heteroatoms. The molecule has 0 unspecified atom stereocenters. The van der Waals surface area contributed by atoms with Gasteiger partial charge in [0.1, 0.15) is 0 Å². The van der Waals surface area contributed by atoms with E-state index in [1.165, 1.54) is 5.56 Å². The average Bonchev–Trinajstić information content (AvgIpc) is 2.79. The highest BCUT2D eigenvalue weighted by molar-refractivity contribution is 5.86. The van der Waals surface area contributed by atoms with Crippen molar-refractivity contribution < 1.29 is 9.47 Å². The van der Waals surface area contributed by atoms with E-state index in [0.717, 1.165) is 35.7 Å². The van der Waals surface area contributed by atoms with Gasteiger partial charge in [-0.3, -0.25) is 0 Å². The number of nitrogens with zero attached hydrogens (tertiary/aromatic N) is 6. The molecule has 1 aromatic carbocycles. The Balaban J connectivity index is 1.65. The van der Waals surface area contributed by atoms with Gasteiger partial charge in [-0.25, -0.2) is 9.97 Å². The Morgan fingerprint density at radius 1 is 0.871 bits per heavy atom. The first kappa shape index (κ1) is 20.1. The molecule has 5 rings (SSSR count). The smallest absolute Gasteiger partial charge is 0.229 e. The van der Waals surface area contributed by atoms with Crippen LogP contribution in [0, 0.1) is 6.92 Å². The number of hydrogen-bond acceptors (Lipinski definition) is 8. The normalized spacial score (nSPS) is 22.2. The van der Waals surface area contributed by atoms with Crippen LogP contribution in [0.3, 0.4) is 0 Å². The van der Waals surface area contributed by atoms with Crippen LogP contribution in [0.25, 0.3) is 22.4 Å². The third-order valence-corrected chi connectivity index (χ3v) is 5.99. The van der Waals surface area contributed by atoms with Crippen molar-refractivity contribution in [3.63, 3.8) is 0 Å². The van der Waals surface area contributed by atoms with Crippen LogP contribution < -0.4 is 9.80 Å². The zero-order chi connectivity index (χ0) is 21.4. The molecule has 2 atom stereocenters. The molecule has 4 heterocycles. The summed E-state index contributed by atoms with van der Waals surface area (Å²) in [6.45, 7) is 10.6. The Morgan fingerprint density at radius 2 is 1.55 bits per heavy atom. The molecule has 2 saturated heterocycles. The van der Waals surface area contributed by atoms with Crippen LogP contribution in [0.4, 0.5) is 11.8 Å². The van der Waals surface area contributed by atoms with Gasteiger partial charge in [0.2, 0.25) is 5.95 Å². The first-order valence-corrected chi connectivity index (χ1v) is 10.9. The quantitative estimate of drug-likeness (QED) is 0.640. The van der Waals surface area contributed by atoms with E-state index < -0.39 is 0 Å². The van der Waals surface area contributed by atoms with Crippen LogP contribution in [0.15, 0.2) is 30.5 Å². The summed E-state index contributed by atoms with van der Waals surface area (Å²) in [5.74, 6) is 1.52. The molecular weight excluding hydrogens is 392 g/mol. The van der Waals surface area contributed by atoms with Crippen molar-refractivity contribution in [1.82, 2.24) is 19.9 Å². The van der Waals surface area contributed by atoms with Gasteiger partial charge in [0.15, 0.2) is 17.0 Å². The largest absolute Gasteiger partial charge is 0.377 e. The first-order chi connectivity index (χ1) is 15.1. The molecule has 0 aliphatic carbocycles. The van der Waals surface area contributed by atoms with Gasteiger partial charge in [-0.05, 0) is 20.8 Å². The maximum absolute atomic E-state index is 5.65. The number of anilines is 2. The maximum atomic E-state index is 5.65. The van der Waals surface area contributed by atoms with E-state index in [4.69, 9.17) is 29.4 Å². The van der Waals surface area contributed by atoms with E-state index >= 15 is 0 Å². The molecule has 162 valence electrons.